The number of thiazole rings is 1. The maximum Gasteiger partial charge on any atom is 0.0926 e. The Morgan fingerprint density at radius 1 is 1.44 bits per heavy atom. The van der Waals surface area contributed by atoms with Crippen molar-refractivity contribution < 1.29 is 0 Å². The lowest BCUT2D eigenvalue weighted by atomic mass is 10.2. The lowest BCUT2D eigenvalue weighted by molar-refractivity contribution is 1.01. The van der Waals surface area contributed by atoms with E-state index in [2.05, 4.69) is 34.5 Å². The number of aromatic nitrogens is 2. The van der Waals surface area contributed by atoms with E-state index in [1.807, 2.05) is 12.3 Å². The molecule has 0 bridgehead atoms. The van der Waals surface area contributed by atoms with Crippen molar-refractivity contribution in [2.24, 2.45) is 0 Å². The topological polar surface area (TPSA) is 37.8 Å². The molecule has 0 saturated heterocycles. The second-order valence-corrected chi connectivity index (χ2v) is 4.57. The van der Waals surface area contributed by atoms with Gasteiger partial charge in [0, 0.05) is 11.6 Å². The van der Waals surface area contributed by atoms with E-state index in [9.17, 15) is 0 Å². The van der Waals surface area contributed by atoms with Crippen LogP contribution in [0.4, 0.5) is 5.69 Å². The Balaban J connectivity index is 1.99. The first kappa shape index (κ1) is 11.1. The highest BCUT2D eigenvalue weighted by atomic mass is 32.1. The Kier molecular flexibility index (Phi) is 3.51. The van der Waals surface area contributed by atoms with E-state index >= 15 is 0 Å². The van der Waals surface area contributed by atoms with Gasteiger partial charge in [0.2, 0.25) is 0 Å². The molecule has 3 nitrogen and oxygen atoms in total. The number of hydrogen-bond donors (Lipinski definition) is 1. The largest absolute Gasteiger partial charge is 0.378 e. The van der Waals surface area contributed by atoms with E-state index in [0.29, 0.717) is 0 Å². The summed E-state index contributed by atoms with van der Waals surface area (Å²) in [6.07, 6.45) is 4.66. The predicted octanol–water partition coefficient (Wildman–Crippen LogP) is 3.02. The molecule has 2 aromatic rings. The fourth-order valence-corrected chi connectivity index (χ4v) is 2.17. The Labute approximate surface area is 99.6 Å². The lowest BCUT2D eigenvalue weighted by Gasteiger charge is -2.06. The second-order valence-electron chi connectivity index (χ2n) is 3.63. The summed E-state index contributed by atoms with van der Waals surface area (Å²) in [5.41, 5.74) is 3.39. The predicted molar refractivity (Wildman–Crippen MR) is 67.8 cm³/mol. The highest BCUT2D eigenvalue weighted by molar-refractivity contribution is 7.09. The van der Waals surface area contributed by atoms with Gasteiger partial charge in [-0.1, -0.05) is 6.92 Å². The van der Waals surface area contributed by atoms with Gasteiger partial charge in [-0.2, -0.15) is 0 Å². The molecule has 1 N–H and O–H groups in total. The van der Waals surface area contributed by atoms with Crippen molar-refractivity contribution in [2.45, 2.75) is 26.8 Å². The Hall–Kier alpha value is -1.42. The molecule has 2 rings (SSSR count). The van der Waals surface area contributed by atoms with Gasteiger partial charge in [0.15, 0.2) is 0 Å². The van der Waals surface area contributed by atoms with Gasteiger partial charge < -0.3 is 5.32 Å². The first-order valence-corrected chi connectivity index (χ1v) is 6.25. The van der Waals surface area contributed by atoms with E-state index < -0.39 is 0 Å². The van der Waals surface area contributed by atoms with Crippen LogP contribution in [0.25, 0.3) is 0 Å². The van der Waals surface area contributed by atoms with Crippen LogP contribution in [0.2, 0.25) is 0 Å². The van der Waals surface area contributed by atoms with Gasteiger partial charge in [0.05, 0.1) is 29.1 Å². The van der Waals surface area contributed by atoms with Crippen LogP contribution >= 0.6 is 11.3 Å². The lowest BCUT2D eigenvalue weighted by Crippen LogP contribution is -2.01. The van der Waals surface area contributed by atoms with Gasteiger partial charge in [-0.3, -0.25) is 4.98 Å². The molecule has 0 atom stereocenters. The average molecular weight is 233 g/mol. The van der Waals surface area contributed by atoms with E-state index in [1.54, 1.807) is 17.5 Å². The fraction of sp³-hybridized carbons (Fsp3) is 0.333. The summed E-state index contributed by atoms with van der Waals surface area (Å²) in [5, 5.41) is 6.65. The number of anilines is 1. The van der Waals surface area contributed by atoms with Crippen LogP contribution in [0.5, 0.6) is 0 Å². The zero-order valence-electron chi connectivity index (χ0n) is 9.53. The van der Waals surface area contributed by atoms with Crippen LogP contribution in [-0.4, -0.2) is 9.97 Å². The van der Waals surface area contributed by atoms with E-state index in [4.69, 9.17) is 0 Å². The molecule has 4 heteroatoms. The quantitative estimate of drug-likeness (QED) is 0.882. The Morgan fingerprint density at radius 3 is 3.00 bits per heavy atom. The molecule has 2 heterocycles. The summed E-state index contributed by atoms with van der Waals surface area (Å²) in [6.45, 7) is 4.97. The molecule has 0 saturated carbocycles. The van der Waals surface area contributed by atoms with Crippen molar-refractivity contribution in [1.82, 2.24) is 9.97 Å². The molecular weight excluding hydrogens is 218 g/mol. The highest BCUT2D eigenvalue weighted by Crippen LogP contribution is 2.15. The Morgan fingerprint density at radius 2 is 2.31 bits per heavy atom. The van der Waals surface area contributed by atoms with Crippen molar-refractivity contribution >= 4 is 17.0 Å². The van der Waals surface area contributed by atoms with Crippen LogP contribution < -0.4 is 5.32 Å². The van der Waals surface area contributed by atoms with Crippen molar-refractivity contribution in [1.29, 1.82) is 0 Å². The molecule has 0 unspecified atom stereocenters. The molecular formula is C12H15N3S. The van der Waals surface area contributed by atoms with Crippen molar-refractivity contribution in [3.8, 4) is 0 Å². The van der Waals surface area contributed by atoms with Gasteiger partial charge in [-0.15, -0.1) is 11.3 Å². The molecule has 0 amide bonds. The molecule has 2 aromatic heterocycles. The second kappa shape index (κ2) is 5.07. The van der Waals surface area contributed by atoms with Gasteiger partial charge >= 0.3 is 0 Å². The van der Waals surface area contributed by atoms with Gasteiger partial charge in [0.25, 0.3) is 0 Å². The third-order valence-corrected chi connectivity index (χ3v) is 3.44. The van der Waals surface area contributed by atoms with Crippen LogP contribution in [0.3, 0.4) is 0 Å². The van der Waals surface area contributed by atoms with Gasteiger partial charge in [0.1, 0.15) is 0 Å². The summed E-state index contributed by atoms with van der Waals surface area (Å²) >= 11 is 1.72. The smallest absolute Gasteiger partial charge is 0.0926 e. The summed E-state index contributed by atoms with van der Waals surface area (Å²) in [7, 11) is 0. The molecule has 16 heavy (non-hydrogen) atoms. The van der Waals surface area contributed by atoms with Crippen LogP contribution in [0.1, 0.15) is 23.2 Å². The minimum Gasteiger partial charge on any atom is -0.378 e. The molecule has 0 aliphatic heterocycles. The monoisotopic (exact) mass is 233 g/mol. The summed E-state index contributed by atoms with van der Waals surface area (Å²) in [6, 6.07) is 2.00. The van der Waals surface area contributed by atoms with Crippen LogP contribution in [-0.2, 0) is 13.0 Å². The zero-order chi connectivity index (χ0) is 11.4. The van der Waals surface area contributed by atoms with Crippen molar-refractivity contribution in [2.75, 3.05) is 5.32 Å². The molecule has 0 spiro atoms. The maximum atomic E-state index is 4.51. The number of nitrogens with one attached hydrogen (secondary N) is 1. The summed E-state index contributed by atoms with van der Waals surface area (Å²) < 4.78 is 0. The SMILES string of the molecule is CCc1nc(CNc2cnccc2C)cs1. The first-order valence-electron chi connectivity index (χ1n) is 5.37. The van der Waals surface area contributed by atoms with Crippen LogP contribution in [0.15, 0.2) is 23.8 Å². The fourth-order valence-electron chi connectivity index (χ4n) is 1.43. The number of pyridine rings is 1. The summed E-state index contributed by atoms with van der Waals surface area (Å²) in [5.74, 6) is 0. The number of aryl methyl sites for hydroxylation is 2. The molecule has 0 aliphatic rings. The zero-order valence-corrected chi connectivity index (χ0v) is 10.3. The average Bonchev–Trinajstić information content (AvgIpc) is 2.76. The minimum atomic E-state index is 0.767. The van der Waals surface area contributed by atoms with Crippen molar-refractivity contribution in [3.05, 3.63) is 40.1 Å². The third-order valence-electron chi connectivity index (χ3n) is 2.40. The molecule has 0 aromatic carbocycles. The van der Waals surface area contributed by atoms with E-state index in [0.717, 1.165) is 24.3 Å². The summed E-state index contributed by atoms with van der Waals surface area (Å²) in [4.78, 5) is 8.61. The standard InChI is InChI=1S/C12H15N3S/c1-3-12-15-10(8-16-12)6-14-11-7-13-5-4-9(11)2/h4-5,7-8,14H,3,6H2,1-2H3. The van der Waals surface area contributed by atoms with Crippen molar-refractivity contribution in [3.63, 3.8) is 0 Å². The third kappa shape index (κ3) is 2.58. The first-order chi connectivity index (χ1) is 7.79. The number of nitrogens with zero attached hydrogens (tertiary/aromatic N) is 2. The number of rotatable bonds is 4. The molecule has 0 radical (unpaired) electrons. The molecule has 0 fully saturated rings. The highest BCUT2D eigenvalue weighted by Gasteiger charge is 2.01. The van der Waals surface area contributed by atoms with Gasteiger partial charge in [-0.05, 0) is 25.0 Å². The maximum absolute atomic E-state index is 4.51. The van der Waals surface area contributed by atoms with Gasteiger partial charge in [-0.25, -0.2) is 4.98 Å². The van der Waals surface area contributed by atoms with E-state index in [-0.39, 0.29) is 0 Å². The Bertz CT molecular complexity index is 465. The van der Waals surface area contributed by atoms with E-state index in [1.165, 1.54) is 10.6 Å². The number of hydrogen-bond acceptors (Lipinski definition) is 4. The normalized spacial score (nSPS) is 10.4. The molecule has 0 aliphatic carbocycles. The minimum absolute atomic E-state index is 0.767. The molecule has 84 valence electrons. The van der Waals surface area contributed by atoms with Crippen LogP contribution in [0, 0.1) is 6.92 Å².